The summed E-state index contributed by atoms with van der Waals surface area (Å²) in [5, 5.41) is 16.7. The van der Waals surface area contributed by atoms with E-state index in [1.54, 1.807) is 30.9 Å². The van der Waals surface area contributed by atoms with Crippen molar-refractivity contribution in [3.8, 4) is 11.3 Å². The third kappa shape index (κ3) is 3.16. The third-order valence-corrected chi connectivity index (χ3v) is 3.86. The Hall–Kier alpha value is -2.24. The molecule has 0 saturated carbocycles. The van der Waals surface area contributed by atoms with E-state index in [0.29, 0.717) is 5.15 Å². The maximum Gasteiger partial charge on any atom is 0.127 e. The quantitative estimate of drug-likeness (QED) is 0.759. The van der Waals surface area contributed by atoms with Crippen molar-refractivity contribution in [3.63, 3.8) is 0 Å². The molecule has 0 amide bonds. The molecule has 22 heavy (non-hydrogen) atoms. The molecule has 0 unspecified atom stereocenters. The van der Waals surface area contributed by atoms with E-state index in [2.05, 4.69) is 20.2 Å². The fraction of sp³-hybridized carbons (Fsp3) is 0.188. The minimum absolute atomic E-state index is 0.0333. The number of aliphatic hydroxyl groups excluding tert-OH is 1. The highest BCUT2D eigenvalue weighted by Crippen LogP contribution is 2.22. The first-order chi connectivity index (χ1) is 10.8. The van der Waals surface area contributed by atoms with Gasteiger partial charge in [0.05, 0.1) is 18.5 Å². The van der Waals surface area contributed by atoms with Gasteiger partial charge in [-0.2, -0.15) is 5.10 Å². The Morgan fingerprint density at radius 1 is 1.09 bits per heavy atom. The fourth-order valence-electron chi connectivity index (χ4n) is 2.32. The van der Waals surface area contributed by atoms with Crippen molar-refractivity contribution in [1.82, 2.24) is 20.2 Å². The van der Waals surface area contributed by atoms with Gasteiger partial charge in [-0.15, -0.1) is 0 Å². The second-order valence-electron chi connectivity index (χ2n) is 4.95. The molecule has 0 bridgehead atoms. The van der Waals surface area contributed by atoms with Crippen molar-refractivity contribution in [1.29, 1.82) is 0 Å². The number of halogens is 1. The number of H-pyrrole nitrogens is 1. The summed E-state index contributed by atoms with van der Waals surface area (Å²) in [6, 6.07) is 5.80. The van der Waals surface area contributed by atoms with Crippen molar-refractivity contribution in [2.45, 2.75) is 19.4 Å². The fourth-order valence-corrected chi connectivity index (χ4v) is 2.51. The van der Waals surface area contributed by atoms with Gasteiger partial charge in [0.15, 0.2) is 0 Å². The maximum absolute atomic E-state index is 9.43. The monoisotopic (exact) mass is 314 g/mol. The van der Waals surface area contributed by atoms with Crippen LogP contribution in [0.4, 0.5) is 0 Å². The molecule has 112 valence electrons. The van der Waals surface area contributed by atoms with Crippen LogP contribution in [-0.4, -0.2) is 25.3 Å². The predicted molar refractivity (Wildman–Crippen MR) is 84.4 cm³/mol. The molecule has 3 aromatic heterocycles. The summed E-state index contributed by atoms with van der Waals surface area (Å²) in [6.07, 6.45) is 8.55. The number of pyridine rings is 2. The standard InChI is InChI=1S/C16H15ClN4O/c17-16-12(8-20-21-16)2-1-11-3-6-19-15(7-11)14-9-18-5-4-13(14)10-22/h3-9,22H,1-2,10H2,(H,20,21). The summed E-state index contributed by atoms with van der Waals surface area (Å²) >= 11 is 6.01. The second kappa shape index (κ2) is 6.68. The normalized spacial score (nSPS) is 10.8. The average molecular weight is 315 g/mol. The summed E-state index contributed by atoms with van der Waals surface area (Å²) in [5.74, 6) is 0. The number of aromatic amines is 1. The first-order valence-electron chi connectivity index (χ1n) is 6.94. The van der Waals surface area contributed by atoms with Crippen molar-refractivity contribution in [3.05, 3.63) is 64.8 Å². The molecule has 0 aliphatic heterocycles. The molecular weight excluding hydrogens is 300 g/mol. The van der Waals surface area contributed by atoms with Crippen LogP contribution in [0.1, 0.15) is 16.7 Å². The molecule has 3 aromatic rings. The van der Waals surface area contributed by atoms with E-state index in [0.717, 1.165) is 40.8 Å². The molecule has 0 atom stereocenters. The predicted octanol–water partition coefficient (Wildman–Crippen LogP) is 2.80. The van der Waals surface area contributed by atoms with Crippen molar-refractivity contribution >= 4 is 11.6 Å². The van der Waals surface area contributed by atoms with Crippen LogP contribution in [0, 0.1) is 0 Å². The number of rotatable bonds is 5. The van der Waals surface area contributed by atoms with Crippen LogP contribution in [-0.2, 0) is 19.4 Å². The van der Waals surface area contributed by atoms with E-state index >= 15 is 0 Å². The number of hydrogen-bond donors (Lipinski definition) is 2. The van der Waals surface area contributed by atoms with Gasteiger partial charge in [0.1, 0.15) is 5.15 Å². The number of aliphatic hydroxyl groups is 1. The molecule has 2 N–H and O–H groups in total. The second-order valence-corrected chi connectivity index (χ2v) is 5.33. The van der Waals surface area contributed by atoms with Crippen LogP contribution in [0.2, 0.25) is 5.15 Å². The molecule has 0 spiro atoms. The Balaban J connectivity index is 1.82. The van der Waals surface area contributed by atoms with E-state index in [-0.39, 0.29) is 6.61 Å². The summed E-state index contributed by atoms with van der Waals surface area (Å²) in [5.41, 5.74) is 4.63. The van der Waals surface area contributed by atoms with Gasteiger partial charge in [0.2, 0.25) is 0 Å². The van der Waals surface area contributed by atoms with Crippen LogP contribution >= 0.6 is 11.6 Å². The van der Waals surface area contributed by atoms with Crippen LogP contribution in [0.3, 0.4) is 0 Å². The molecular formula is C16H15ClN4O. The number of hydrogen-bond acceptors (Lipinski definition) is 4. The highest BCUT2D eigenvalue weighted by Gasteiger charge is 2.08. The van der Waals surface area contributed by atoms with Gasteiger partial charge in [0.25, 0.3) is 0 Å². The van der Waals surface area contributed by atoms with Crippen molar-refractivity contribution < 1.29 is 5.11 Å². The Labute approximate surface area is 133 Å². The maximum atomic E-state index is 9.43. The van der Waals surface area contributed by atoms with Crippen LogP contribution < -0.4 is 0 Å². The highest BCUT2D eigenvalue weighted by molar-refractivity contribution is 6.30. The van der Waals surface area contributed by atoms with Gasteiger partial charge in [-0.3, -0.25) is 15.1 Å². The van der Waals surface area contributed by atoms with E-state index in [9.17, 15) is 5.11 Å². The van der Waals surface area contributed by atoms with E-state index in [1.165, 1.54) is 0 Å². The van der Waals surface area contributed by atoms with Gasteiger partial charge >= 0.3 is 0 Å². The first-order valence-corrected chi connectivity index (χ1v) is 7.32. The summed E-state index contributed by atoms with van der Waals surface area (Å²) < 4.78 is 0. The molecule has 0 radical (unpaired) electrons. The van der Waals surface area contributed by atoms with Gasteiger partial charge in [-0.1, -0.05) is 11.6 Å². The lowest BCUT2D eigenvalue weighted by atomic mass is 10.0. The lowest BCUT2D eigenvalue weighted by Crippen LogP contribution is -1.96. The van der Waals surface area contributed by atoms with Gasteiger partial charge in [0, 0.05) is 29.7 Å². The van der Waals surface area contributed by atoms with Crippen LogP contribution in [0.5, 0.6) is 0 Å². The zero-order chi connectivity index (χ0) is 15.4. The minimum Gasteiger partial charge on any atom is -0.392 e. The average Bonchev–Trinajstić information content (AvgIpc) is 2.98. The molecule has 0 aliphatic carbocycles. The molecule has 3 rings (SSSR count). The number of aryl methyl sites for hydroxylation is 2. The molecule has 5 nitrogen and oxygen atoms in total. The summed E-state index contributed by atoms with van der Waals surface area (Å²) in [7, 11) is 0. The molecule has 3 heterocycles. The Kier molecular flexibility index (Phi) is 4.46. The number of nitrogens with zero attached hydrogens (tertiary/aromatic N) is 3. The summed E-state index contributed by atoms with van der Waals surface area (Å²) in [4.78, 5) is 8.50. The van der Waals surface area contributed by atoms with E-state index < -0.39 is 0 Å². The topological polar surface area (TPSA) is 74.7 Å². The van der Waals surface area contributed by atoms with Crippen molar-refractivity contribution in [2.75, 3.05) is 0 Å². The van der Waals surface area contributed by atoms with E-state index in [4.69, 9.17) is 11.6 Å². The highest BCUT2D eigenvalue weighted by atomic mass is 35.5. The lowest BCUT2D eigenvalue weighted by molar-refractivity contribution is 0.282. The summed E-state index contributed by atoms with van der Waals surface area (Å²) in [6.45, 7) is -0.0333. The van der Waals surface area contributed by atoms with Crippen molar-refractivity contribution in [2.24, 2.45) is 0 Å². The largest absolute Gasteiger partial charge is 0.392 e. The minimum atomic E-state index is -0.0333. The molecule has 0 saturated heterocycles. The lowest BCUT2D eigenvalue weighted by Gasteiger charge is -2.08. The van der Waals surface area contributed by atoms with E-state index in [1.807, 2.05) is 12.1 Å². The molecule has 0 fully saturated rings. The zero-order valence-electron chi connectivity index (χ0n) is 11.8. The van der Waals surface area contributed by atoms with Gasteiger partial charge < -0.3 is 5.11 Å². The first kappa shape index (κ1) is 14.7. The number of aromatic nitrogens is 4. The van der Waals surface area contributed by atoms with Gasteiger partial charge in [-0.25, -0.2) is 0 Å². The molecule has 6 heteroatoms. The molecule has 0 aliphatic rings. The zero-order valence-corrected chi connectivity index (χ0v) is 12.6. The Morgan fingerprint density at radius 2 is 2.00 bits per heavy atom. The number of nitrogens with one attached hydrogen (secondary N) is 1. The van der Waals surface area contributed by atoms with Crippen LogP contribution in [0.25, 0.3) is 11.3 Å². The Morgan fingerprint density at radius 3 is 2.77 bits per heavy atom. The third-order valence-electron chi connectivity index (χ3n) is 3.53. The smallest absolute Gasteiger partial charge is 0.127 e. The van der Waals surface area contributed by atoms with Crippen LogP contribution in [0.15, 0.2) is 43.0 Å². The van der Waals surface area contributed by atoms with Gasteiger partial charge in [-0.05, 0) is 42.2 Å². The molecule has 0 aromatic carbocycles. The SMILES string of the molecule is OCc1ccncc1-c1cc(CCc2cn[nH]c2Cl)ccn1. The Bertz CT molecular complexity index is 772.